The largest absolute Gasteiger partial charge is 0.419 e. The summed E-state index contributed by atoms with van der Waals surface area (Å²) in [5, 5.41) is 0. The van der Waals surface area contributed by atoms with E-state index in [0.29, 0.717) is 19.7 Å². The molecule has 1 fully saturated rings. The average molecular weight is 387 g/mol. The summed E-state index contributed by atoms with van der Waals surface area (Å²) in [4.78, 5) is 5.59. The van der Waals surface area contributed by atoms with Crippen LogP contribution in [0.3, 0.4) is 0 Å². The third-order valence-corrected chi connectivity index (χ3v) is 4.23. The van der Waals surface area contributed by atoms with Gasteiger partial charge in [0.2, 0.25) is 0 Å². The van der Waals surface area contributed by atoms with Crippen LogP contribution in [0.2, 0.25) is 0 Å². The lowest BCUT2D eigenvalue weighted by Gasteiger charge is -2.35. The second kappa shape index (κ2) is 6.49. The van der Waals surface area contributed by atoms with Crippen molar-refractivity contribution >= 4 is 21.7 Å². The Morgan fingerprint density at radius 3 is 2.61 bits per heavy atom. The number of halogens is 4. The molecule has 1 aromatic heterocycles. The van der Waals surface area contributed by atoms with Gasteiger partial charge in [-0.1, -0.05) is 28.1 Å². The van der Waals surface area contributed by atoms with Gasteiger partial charge in [-0.05, 0) is 29.8 Å². The van der Waals surface area contributed by atoms with Gasteiger partial charge in [0.15, 0.2) is 0 Å². The fourth-order valence-electron chi connectivity index (χ4n) is 2.59. The summed E-state index contributed by atoms with van der Waals surface area (Å²) < 4.78 is 46.2. The third-order valence-electron chi connectivity index (χ3n) is 3.70. The first kappa shape index (κ1) is 16.3. The topological polar surface area (TPSA) is 25.4 Å². The number of hydrogen-bond donors (Lipinski definition) is 0. The Hall–Kier alpha value is -1.60. The fraction of sp³-hybridized carbons (Fsp3) is 0.312. The van der Waals surface area contributed by atoms with Crippen LogP contribution in [0.15, 0.2) is 47.1 Å². The Balaban J connectivity index is 1.86. The number of anilines is 1. The minimum Gasteiger partial charge on any atom is -0.370 e. The van der Waals surface area contributed by atoms with Gasteiger partial charge in [0.25, 0.3) is 0 Å². The molecule has 0 radical (unpaired) electrons. The molecule has 0 amide bonds. The number of ether oxygens (including phenoxy) is 1. The first-order valence-corrected chi connectivity index (χ1v) is 7.88. The summed E-state index contributed by atoms with van der Waals surface area (Å²) in [5.74, 6) is -0.0367. The third kappa shape index (κ3) is 3.67. The summed E-state index contributed by atoms with van der Waals surface area (Å²) >= 11 is 3.36. The van der Waals surface area contributed by atoms with Crippen molar-refractivity contribution in [3.8, 4) is 0 Å². The number of alkyl halides is 3. The van der Waals surface area contributed by atoms with Crippen molar-refractivity contribution in [3.05, 3.63) is 58.2 Å². The molecular formula is C16H14BrF3N2O. The molecule has 7 heteroatoms. The maximum absolute atomic E-state index is 13.2. The quantitative estimate of drug-likeness (QED) is 0.762. The zero-order valence-corrected chi connectivity index (χ0v) is 13.6. The molecule has 1 aliphatic heterocycles. The molecule has 1 aromatic carbocycles. The molecule has 3 rings (SSSR count). The van der Waals surface area contributed by atoms with Crippen LogP contribution in [0.1, 0.15) is 17.2 Å². The molecule has 122 valence electrons. The normalized spacial score (nSPS) is 19.0. The summed E-state index contributed by atoms with van der Waals surface area (Å²) in [5.41, 5.74) is 0.221. The number of benzene rings is 1. The molecular weight excluding hydrogens is 373 g/mol. The summed E-state index contributed by atoms with van der Waals surface area (Å²) in [6, 6.07) is 9.95. The van der Waals surface area contributed by atoms with Crippen LogP contribution in [0.5, 0.6) is 0 Å². The van der Waals surface area contributed by atoms with Gasteiger partial charge in [-0.25, -0.2) is 4.98 Å². The minimum absolute atomic E-state index is 0.0367. The molecule has 1 atom stereocenters. The summed E-state index contributed by atoms with van der Waals surface area (Å²) in [6.07, 6.45) is -3.32. The molecule has 0 N–H and O–H groups in total. The van der Waals surface area contributed by atoms with Crippen LogP contribution in [-0.2, 0) is 10.9 Å². The molecule has 1 unspecified atom stereocenters. The van der Waals surface area contributed by atoms with Gasteiger partial charge < -0.3 is 9.64 Å². The molecule has 1 aliphatic rings. The van der Waals surface area contributed by atoms with Crippen LogP contribution in [-0.4, -0.2) is 24.7 Å². The van der Waals surface area contributed by atoms with Gasteiger partial charge in [0.05, 0.1) is 12.2 Å². The van der Waals surface area contributed by atoms with E-state index < -0.39 is 11.7 Å². The SMILES string of the molecule is FC(F)(F)c1cccnc1N1CCOC(c2ccc(Br)cc2)C1. The van der Waals surface area contributed by atoms with Gasteiger partial charge in [-0.3, -0.25) is 0 Å². The molecule has 23 heavy (non-hydrogen) atoms. The Kier molecular flexibility index (Phi) is 4.59. The Labute approximate surface area is 140 Å². The number of hydrogen-bond acceptors (Lipinski definition) is 3. The molecule has 0 aliphatic carbocycles. The number of morpholine rings is 1. The second-order valence-corrected chi connectivity index (χ2v) is 6.15. The van der Waals surface area contributed by atoms with Crippen molar-refractivity contribution in [1.29, 1.82) is 0 Å². The lowest BCUT2D eigenvalue weighted by molar-refractivity contribution is -0.137. The highest BCUT2D eigenvalue weighted by Gasteiger charge is 2.36. The second-order valence-electron chi connectivity index (χ2n) is 5.23. The fourth-order valence-corrected chi connectivity index (χ4v) is 2.86. The molecule has 0 spiro atoms. The van der Waals surface area contributed by atoms with E-state index in [1.807, 2.05) is 24.3 Å². The Morgan fingerprint density at radius 2 is 1.91 bits per heavy atom. The highest BCUT2D eigenvalue weighted by Crippen LogP contribution is 2.36. The molecule has 0 saturated carbocycles. The van der Waals surface area contributed by atoms with E-state index >= 15 is 0 Å². The van der Waals surface area contributed by atoms with E-state index in [2.05, 4.69) is 20.9 Å². The lowest BCUT2D eigenvalue weighted by atomic mass is 10.1. The maximum Gasteiger partial charge on any atom is 0.419 e. The standard InChI is InChI=1S/C16H14BrF3N2O/c17-12-5-3-11(4-6-12)14-10-22(8-9-23-14)15-13(16(18,19)20)2-1-7-21-15/h1-7,14H,8-10H2. The number of nitrogens with zero attached hydrogens (tertiary/aromatic N) is 2. The van der Waals surface area contributed by atoms with Crippen molar-refractivity contribution in [2.24, 2.45) is 0 Å². The van der Waals surface area contributed by atoms with Crippen molar-refractivity contribution in [2.45, 2.75) is 12.3 Å². The number of pyridine rings is 1. The smallest absolute Gasteiger partial charge is 0.370 e. The molecule has 3 nitrogen and oxygen atoms in total. The number of rotatable bonds is 2. The first-order valence-electron chi connectivity index (χ1n) is 7.09. The van der Waals surface area contributed by atoms with Crippen LogP contribution in [0.25, 0.3) is 0 Å². The van der Waals surface area contributed by atoms with E-state index in [4.69, 9.17) is 4.74 Å². The summed E-state index contributed by atoms with van der Waals surface area (Å²) in [7, 11) is 0. The highest BCUT2D eigenvalue weighted by atomic mass is 79.9. The first-order chi connectivity index (χ1) is 10.9. The maximum atomic E-state index is 13.2. The predicted octanol–water partition coefficient (Wildman–Crippen LogP) is 4.44. The summed E-state index contributed by atoms with van der Waals surface area (Å²) in [6.45, 7) is 1.07. The highest BCUT2D eigenvalue weighted by molar-refractivity contribution is 9.10. The monoisotopic (exact) mass is 386 g/mol. The Bertz CT molecular complexity index is 676. The van der Waals surface area contributed by atoms with Crippen LogP contribution >= 0.6 is 15.9 Å². The zero-order chi connectivity index (χ0) is 16.4. The van der Waals surface area contributed by atoms with Crippen molar-refractivity contribution in [3.63, 3.8) is 0 Å². The van der Waals surface area contributed by atoms with Crippen LogP contribution in [0.4, 0.5) is 19.0 Å². The van der Waals surface area contributed by atoms with Gasteiger partial charge in [0.1, 0.15) is 11.9 Å². The van der Waals surface area contributed by atoms with Crippen molar-refractivity contribution in [2.75, 3.05) is 24.6 Å². The van der Waals surface area contributed by atoms with E-state index in [1.165, 1.54) is 12.3 Å². The van der Waals surface area contributed by atoms with Gasteiger partial charge in [-0.15, -0.1) is 0 Å². The van der Waals surface area contributed by atoms with E-state index in [9.17, 15) is 13.2 Å². The van der Waals surface area contributed by atoms with E-state index in [1.54, 1.807) is 4.90 Å². The van der Waals surface area contributed by atoms with Crippen molar-refractivity contribution in [1.82, 2.24) is 4.98 Å². The van der Waals surface area contributed by atoms with Gasteiger partial charge in [0, 0.05) is 23.8 Å². The minimum atomic E-state index is -4.42. The molecule has 2 heterocycles. The van der Waals surface area contributed by atoms with E-state index in [0.717, 1.165) is 16.1 Å². The molecule has 0 bridgehead atoms. The van der Waals surface area contributed by atoms with Gasteiger partial charge in [-0.2, -0.15) is 13.2 Å². The average Bonchev–Trinajstić information content (AvgIpc) is 2.55. The molecule has 1 saturated heterocycles. The van der Waals surface area contributed by atoms with Crippen LogP contribution < -0.4 is 4.90 Å². The molecule has 2 aromatic rings. The number of aromatic nitrogens is 1. The lowest BCUT2D eigenvalue weighted by Crippen LogP contribution is -2.39. The van der Waals surface area contributed by atoms with Gasteiger partial charge >= 0.3 is 6.18 Å². The predicted molar refractivity (Wildman–Crippen MR) is 84.3 cm³/mol. The van der Waals surface area contributed by atoms with Crippen molar-refractivity contribution < 1.29 is 17.9 Å². The van der Waals surface area contributed by atoms with Crippen LogP contribution in [0, 0.1) is 0 Å². The van der Waals surface area contributed by atoms with E-state index in [-0.39, 0.29) is 11.9 Å². The Morgan fingerprint density at radius 1 is 1.17 bits per heavy atom. The zero-order valence-electron chi connectivity index (χ0n) is 12.1.